The fourth-order valence-electron chi connectivity index (χ4n) is 1.49. The second-order valence-electron chi connectivity index (χ2n) is 3.83. The summed E-state index contributed by atoms with van der Waals surface area (Å²) in [6.07, 6.45) is 0. The molecule has 1 aromatic heterocycles. The standard InChI is InChI=1S/C12H10BrN3O2S/c1-6-4-10(16-18-6)12(17)15-9-5-7(13)2-3-8(9)11(14)19/h2-5H,1H3,(H2,14,19)(H,15,17). The Kier molecular flexibility index (Phi) is 3.96. The molecule has 0 unspecified atom stereocenters. The monoisotopic (exact) mass is 339 g/mol. The van der Waals surface area contributed by atoms with Gasteiger partial charge in [-0.1, -0.05) is 33.3 Å². The van der Waals surface area contributed by atoms with Crippen LogP contribution >= 0.6 is 28.1 Å². The Balaban J connectivity index is 2.30. The van der Waals surface area contributed by atoms with Gasteiger partial charge in [-0.2, -0.15) is 0 Å². The Morgan fingerprint density at radius 2 is 2.21 bits per heavy atom. The van der Waals surface area contributed by atoms with Crippen molar-refractivity contribution in [2.45, 2.75) is 6.92 Å². The van der Waals surface area contributed by atoms with Gasteiger partial charge in [0.15, 0.2) is 5.69 Å². The molecule has 0 aliphatic carbocycles. The number of aryl methyl sites for hydroxylation is 1. The molecule has 7 heteroatoms. The molecular formula is C12H10BrN3O2S. The van der Waals surface area contributed by atoms with Crippen LogP contribution in [0.3, 0.4) is 0 Å². The first kappa shape index (κ1) is 13.7. The second-order valence-corrected chi connectivity index (χ2v) is 5.19. The third-order valence-electron chi connectivity index (χ3n) is 2.36. The Morgan fingerprint density at radius 1 is 1.47 bits per heavy atom. The number of thiocarbonyl (C=S) groups is 1. The lowest BCUT2D eigenvalue weighted by atomic mass is 10.1. The highest BCUT2D eigenvalue weighted by Gasteiger charge is 2.14. The van der Waals surface area contributed by atoms with E-state index in [1.807, 2.05) is 0 Å². The maximum Gasteiger partial charge on any atom is 0.277 e. The number of benzene rings is 1. The molecule has 1 heterocycles. The lowest BCUT2D eigenvalue weighted by Crippen LogP contribution is -2.17. The minimum Gasteiger partial charge on any atom is -0.389 e. The van der Waals surface area contributed by atoms with Gasteiger partial charge >= 0.3 is 0 Å². The molecule has 0 saturated heterocycles. The summed E-state index contributed by atoms with van der Waals surface area (Å²) >= 11 is 8.27. The fourth-order valence-corrected chi connectivity index (χ4v) is 2.03. The van der Waals surface area contributed by atoms with Gasteiger partial charge in [-0.25, -0.2) is 0 Å². The van der Waals surface area contributed by atoms with Crippen LogP contribution in [-0.4, -0.2) is 16.1 Å². The van der Waals surface area contributed by atoms with Gasteiger partial charge in [0.25, 0.3) is 5.91 Å². The maximum atomic E-state index is 12.0. The molecule has 0 bridgehead atoms. The number of carbonyl (C=O) groups excluding carboxylic acids is 1. The lowest BCUT2D eigenvalue weighted by Gasteiger charge is -2.09. The Hall–Kier alpha value is -1.73. The van der Waals surface area contributed by atoms with Gasteiger partial charge < -0.3 is 15.6 Å². The van der Waals surface area contributed by atoms with Crippen LogP contribution in [-0.2, 0) is 0 Å². The average Bonchev–Trinajstić information content (AvgIpc) is 2.75. The topological polar surface area (TPSA) is 81.2 Å². The summed E-state index contributed by atoms with van der Waals surface area (Å²) in [5.74, 6) is 0.182. The van der Waals surface area contributed by atoms with Crippen molar-refractivity contribution in [2.24, 2.45) is 5.73 Å². The summed E-state index contributed by atoms with van der Waals surface area (Å²) in [6.45, 7) is 1.71. The normalized spacial score (nSPS) is 10.2. The number of anilines is 1. The molecule has 2 aromatic rings. The van der Waals surface area contributed by atoms with Gasteiger partial charge in [0.1, 0.15) is 10.7 Å². The van der Waals surface area contributed by atoms with Crippen LogP contribution in [0, 0.1) is 6.92 Å². The number of nitrogens with zero attached hydrogens (tertiary/aromatic N) is 1. The van der Waals surface area contributed by atoms with Crippen molar-refractivity contribution in [2.75, 3.05) is 5.32 Å². The molecule has 0 radical (unpaired) electrons. The Bertz CT molecular complexity index is 654. The summed E-state index contributed by atoms with van der Waals surface area (Å²) in [6, 6.07) is 6.80. The van der Waals surface area contributed by atoms with Crippen LogP contribution < -0.4 is 11.1 Å². The number of halogens is 1. The molecule has 0 atom stereocenters. The van der Waals surface area contributed by atoms with Gasteiger partial charge in [-0.15, -0.1) is 0 Å². The second kappa shape index (κ2) is 5.50. The van der Waals surface area contributed by atoms with E-state index in [0.717, 1.165) is 4.47 Å². The first-order valence-electron chi connectivity index (χ1n) is 5.31. The molecule has 0 aliphatic rings. The molecule has 0 aliphatic heterocycles. The van der Waals surface area contributed by atoms with Crippen molar-refractivity contribution >= 4 is 44.7 Å². The zero-order valence-electron chi connectivity index (χ0n) is 9.94. The molecular weight excluding hydrogens is 330 g/mol. The van der Waals surface area contributed by atoms with Crippen molar-refractivity contribution in [1.82, 2.24) is 5.16 Å². The summed E-state index contributed by atoms with van der Waals surface area (Å²) < 4.78 is 5.66. The predicted molar refractivity (Wildman–Crippen MR) is 79.2 cm³/mol. The number of amides is 1. The minimum absolute atomic E-state index is 0.200. The molecule has 98 valence electrons. The number of hydrogen-bond acceptors (Lipinski definition) is 4. The summed E-state index contributed by atoms with van der Waals surface area (Å²) in [7, 11) is 0. The van der Waals surface area contributed by atoms with Crippen molar-refractivity contribution in [1.29, 1.82) is 0 Å². The average molecular weight is 340 g/mol. The van der Waals surface area contributed by atoms with E-state index in [0.29, 0.717) is 17.0 Å². The smallest absolute Gasteiger partial charge is 0.277 e. The number of nitrogens with two attached hydrogens (primary N) is 1. The summed E-state index contributed by atoms with van der Waals surface area (Å²) in [4.78, 5) is 12.2. The number of rotatable bonds is 3. The van der Waals surface area contributed by atoms with E-state index in [1.54, 1.807) is 31.2 Å². The van der Waals surface area contributed by atoms with Crippen molar-refractivity contribution in [3.8, 4) is 0 Å². The lowest BCUT2D eigenvalue weighted by molar-refractivity contribution is 0.101. The molecule has 3 N–H and O–H groups in total. The van der Waals surface area contributed by atoms with Crippen molar-refractivity contribution in [3.05, 3.63) is 45.8 Å². The SMILES string of the molecule is Cc1cc(C(=O)Nc2cc(Br)ccc2C(N)=S)no1. The maximum absolute atomic E-state index is 12.0. The highest BCUT2D eigenvalue weighted by Crippen LogP contribution is 2.22. The zero-order chi connectivity index (χ0) is 14.0. The van der Waals surface area contributed by atoms with Crippen LogP contribution in [0.5, 0.6) is 0 Å². The van der Waals surface area contributed by atoms with Gasteiger partial charge in [-0.05, 0) is 25.1 Å². The van der Waals surface area contributed by atoms with E-state index < -0.39 is 0 Å². The Morgan fingerprint density at radius 3 is 2.79 bits per heavy atom. The molecule has 0 saturated carbocycles. The number of nitrogens with one attached hydrogen (secondary N) is 1. The summed E-state index contributed by atoms with van der Waals surface area (Å²) in [5, 5.41) is 6.35. The minimum atomic E-state index is -0.382. The quantitative estimate of drug-likeness (QED) is 0.840. The molecule has 1 amide bonds. The zero-order valence-corrected chi connectivity index (χ0v) is 12.3. The largest absolute Gasteiger partial charge is 0.389 e. The van der Waals surface area contributed by atoms with E-state index >= 15 is 0 Å². The number of hydrogen-bond donors (Lipinski definition) is 2. The molecule has 1 aromatic carbocycles. The van der Waals surface area contributed by atoms with Crippen LogP contribution in [0.15, 0.2) is 33.3 Å². The highest BCUT2D eigenvalue weighted by molar-refractivity contribution is 9.10. The highest BCUT2D eigenvalue weighted by atomic mass is 79.9. The van der Waals surface area contributed by atoms with Crippen LogP contribution in [0.4, 0.5) is 5.69 Å². The van der Waals surface area contributed by atoms with Crippen molar-refractivity contribution < 1.29 is 9.32 Å². The molecule has 0 fully saturated rings. The first-order valence-corrected chi connectivity index (χ1v) is 6.51. The third-order valence-corrected chi connectivity index (χ3v) is 3.07. The molecule has 5 nitrogen and oxygen atoms in total. The number of aromatic nitrogens is 1. The number of carbonyl (C=O) groups is 1. The van der Waals surface area contributed by atoms with Gasteiger partial charge in [0.2, 0.25) is 0 Å². The predicted octanol–water partition coefficient (Wildman–Crippen LogP) is 2.63. The van der Waals surface area contributed by atoms with Gasteiger partial charge in [0, 0.05) is 16.1 Å². The van der Waals surface area contributed by atoms with E-state index in [-0.39, 0.29) is 16.6 Å². The van der Waals surface area contributed by atoms with Gasteiger partial charge in [-0.3, -0.25) is 4.79 Å². The first-order chi connectivity index (χ1) is 8.97. The fraction of sp³-hybridized carbons (Fsp3) is 0.0833. The van der Waals surface area contributed by atoms with Crippen LogP contribution in [0.2, 0.25) is 0 Å². The Labute approximate surface area is 123 Å². The third kappa shape index (κ3) is 3.18. The molecule has 0 spiro atoms. The van der Waals surface area contributed by atoms with Crippen LogP contribution in [0.25, 0.3) is 0 Å². The van der Waals surface area contributed by atoms with E-state index in [1.165, 1.54) is 0 Å². The van der Waals surface area contributed by atoms with Crippen molar-refractivity contribution in [3.63, 3.8) is 0 Å². The van der Waals surface area contributed by atoms with Gasteiger partial charge in [0.05, 0.1) is 5.69 Å². The molecule has 19 heavy (non-hydrogen) atoms. The van der Waals surface area contributed by atoms with E-state index in [4.69, 9.17) is 22.5 Å². The van der Waals surface area contributed by atoms with E-state index in [9.17, 15) is 4.79 Å². The molecule has 2 rings (SSSR count). The van der Waals surface area contributed by atoms with Crippen LogP contribution in [0.1, 0.15) is 21.8 Å². The summed E-state index contributed by atoms with van der Waals surface area (Å²) in [5.41, 5.74) is 6.92. The van der Waals surface area contributed by atoms with E-state index in [2.05, 4.69) is 26.4 Å².